The van der Waals surface area contributed by atoms with Crippen molar-refractivity contribution in [1.82, 2.24) is 10.2 Å². The minimum absolute atomic E-state index is 0.121. The Kier molecular flexibility index (Phi) is 8.16. The highest BCUT2D eigenvalue weighted by atomic mass is 16.5. The van der Waals surface area contributed by atoms with Crippen LogP contribution in [0.15, 0.2) is 83.3 Å². The van der Waals surface area contributed by atoms with E-state index in [4.69, 9.17) is 9.15 Å². The maximum atomic E-state index is 12.7. The molecule has 39 heavy (non-hydrogen) atoms. The van der Waals surface area contributed by atoms with E-state index in [0.29, 0.717) is 23.9 Å². The number of benzene rings is 3. The Balaban J connectivity index is 1.13. The van der Waals surface area contributed by atoms with Gasteiger partial charge in [-0.25, -0.2) is 0 Å². The molecular weight excluding hydrogens is 494 g/mol. The van der Waals surface area contributed by atoms with Crippen molar-refractivity contribution in [2.24, 2.45) is 5.92 Å². The lowest BCUT2D eigenvalue weighted by Gasteiger charge is -2.28. The van der Waals surface area contributed by atoms with Crippen molar-refractivity contribution in [3.05, 3.63) is 90.3 Å². The highest BCUT2D eigenvalue weighted by Gasteiger charge is 2.24. The van der Waals surface area contributed by atoms with Gasteiger partial charge < -0.3 is 25.1 Å². The van der Waals surface area contributed by atoms with Gasteiger partial charge >= 0.3 is 23.8 Å². The second-order valence-corrected chi connectivity index (χ2v) is 9.68. The summed E-state index contributed by atoms with van der Waals surface area (Å²) in [4.78, 5) is 24.2. The first kappa shape index (κ1) is 26.0. The third-order valence-corrected chi connectivity index (χ3v) is 6.97. The van der Waals surface area contributed by atoms with Gasteiger partial charge in [-0.2, -0.15) is 0 Å². The van der Waals surface area contributed by atoms with E-state index < -0.39 is 5.91 Å². The SMILES string of the molecule is COC(=O)CC1CCC(c2ccc(NC(=O)c3nnc(Nc4cccc(Nc5ccccc5)c4)o3)cc2)CC1. The van der Waals surface area contributed by atoms with Crippen molar-refractivity contribution in [3.8, 4) is 0 Å². The molecule has 1 heterocycles. The molecule has 200 valence electrons. The fourth-order valence-electron chi connectivity index (χ4n) is 4.89. The quantitative estimate of drug-likeness (QED) is 0.208. The normalized spacial score (nSPS) is 16.7. The van der Waals surface area contributed by atoms with Crippen LogP contribution in [0.1, 0.15) is 54.3 Å². The molecule has 1 aliphatic carbocycles. The molecule has 0 unspecified atom stereocenters. The topological polar surface area (TPSA) is 118 Å². The molecule has 1 fully saturated rings. The number of nitrogens with one attached hydrogen (secondary N) is 3. The summed E-state index contributed by atoms with van der Waals surface area (Å²) in [5, 5.41) is 17.0. The van der Waals surface area contributed by atoms with Gasteiger partial charge in [0.25, 0.3) is 0 Å². The fourth-order valence-corrected chi connectivity index (χ4v) is 4.89. The Morgan fingerprint density at radius 3 is 2.23 bits per heavy atom. The molecule has 1 aromatic heterocycles. The minimum Gasteiger partial charge on any atom is -0.469 e. The first-order valence-electron chi connectivity index (χ1n) is 13.1. The molecule has 5 rings (SSSR count). The van der Waals surface area contributed by atoms with Gasteiger partial charge in [0.05, 0.1) is 7.11 Å². The number of nitrogens with zero attached hydrogens (tertiary/aromatic N) is 2. The number of amides is 1. The number of hydrogen-bond acceptors (Lipinski definition) is 8. The summed E-state index contributed by atoms with van der Waals surface area (Å²) in [5.74, 6) is 0.105. The van der Waals surface area contributed by atoms with Gasteiger partial charge in [-0.3, -0.25) is 9.59 Å². The van der Waals surface area contributed by atoms with E-state index in [1.54, 1.807) is 0 Å². The number of esters is 1. The van der Waals surface area contributed by atoms with Crippen LogP contribution in [0.4, 0.5) is 28.8 Å². The van der Waals surface area contributed by atoms with Gasteiger partial charge in [0.1, 0.15) is 0 Å². The lowest BCUT2D eigenvalue weighted by molar-refractivity contribution is -0.142. The number of para-hydroxylation sites is 1. The predicted molar refractivity (Wildman–Crippen MR) is 149 cm³/mol. The molecule has 1 saturated carbocycles. The van der Waals surface area contributed by atoms with Crippen molar-refractivity contribution < 1.29 is 18.7 Å². The van der Waals surface area contributed by atoms with Gasteiger partial charge in [-0.05, 0) is 85.5 Å². The molecule has 0 saturated heterocycles. The molecule has 0 radical (unpaired) electrons. The molecule has 1 amide bonds. The Morgan fingerprint density at radius 2 is 1.51 bits per heavy atom. The van der Waals surface area contributed by atoms with E-state index in [1.165, 1.54) is 12.7 Å². The van der Waals surface area contributed by atoms with Crippen LogP contribution in [0.25, 0.3) is 0 Å². The Hall–Kier alpha value is -4.66. The Labute approximate surface area is 227 Å². The zero-order valence-corrected chi connectivity index (χ0v) is 21.7. The largest absolute Gasteiger partial charge is 0.469 e. The van der Waals surface area contributed by atoms with E-state index in [-0.39, 0.29) is 17.9 Å². The summed E-state index contributed by atoms with van der Waals surface area (Å²) in [7, 11) is 1.44. The number of ether oxygens (including phenoxy) is 1. The Morgan fingerprint density at radius 1 is 0.821 bits per heavy atom. The van der Waals surface area contributed by atoms with Crippen molar-refractivity contribution in [2.75, 3.05) is 23.1 Å². The third kappa shape index (κ3) is 7.01. The molecule has 9 nitrogen and oxygen atoms in total. The summed E-state index contributed by atoms with van der Waals surface area (Å²) in [5.41, 5.74) is 4.48. The van der Waals surface area contributed by atoms with Crippen molar-refractivity contribution in [2.45, 2.75) is 38.0 Å². The highest BCUT2D eigenvalue weighted by molar-refractivity contribution is 6.00. The standard InChI is InChI=1S/C30H31N5O4/c1-38-27(36)18-20-10-12-21(13-11-20)22-14-16-24(17-15-22)32-28(37)29-34-35-30(39-29)33-26-9-5-8-25(19-26)31-23-6-3-2-4-7-23/h2-9,14-17,19-21,31H,10-13,18H2,1H3,(H,32,37)(H,33,35). The fraction of sp³-hybridized carbons (Fsp3) is 0.267. The van der Waals surface area contributed by atoms with E-state index >= 15 is 0 Å². The van der Waals surface area contributed by atoms with Gasteiger partial charge in [-0.1, -0.05) is 41.5 Å². The van der Waals surface area contributed by atoms with Gasteiger partial charge in [-0.15, -0.1) is 5.10 Å². The summed E-state index contributed by atoms with van der Waals surface area (Å²) in [6.45, 7) is 0. The maximum Gasteiger partial charge on any atom is 0.320 e. The number of anilines is 5. The lowest BCUT2D eigenvalue weighted by atomic mass is 9.77. The average Bonchev–Trinajstić information content (AvgIpc) is 3.43. The van der Waals surface area contributed by atoms with Crippen LogP contribution in [0.3, 0.4) is 0 Å². The summed E-state index contributed by atoms with van der Waals surface area (Å²) >= 11 is 0. The number of rotatable bonds is 9. The number of aromatic nitrogens is 2. The van der Waals surface area contributed by atoms with E-state index in [9.17, 15) is 9.59 Å². The first-order chi connectivity index (χ1) is 19.1. The molecule has 3 N–H and O–H groups in total. The zero-order valence-electron chi connectivity index (χ0n) is 21.7. The van der Waals surface area contributed by atoms with Gasteiger partial charge in [0.15, 0.2) is 0 Å². The predicted octanol–water partition coefficient (Wildman–Crippen LogP) is 6.65. The molecule has 0 spiro atoms. The van der Waals surface area contributed by atoms with E-state index in [0.717, 1.165) is 42.7 Å². The molecule has 0 atom stereocenters. The molecule has 0 aliphatic heterocycles. The van der Waals surface area contributed by atoms with Crippen LogP contribution in [-0.4, -0.2) is 29.2 Å². The molecule has 3 aromatic carbocycles. The molecular formula is C30H31N5O4. The van der Waals surface area contributed by atoms with Crippen LogP contribution in [0.5, 0.6) is 0 Å². The maximum absolute atomic E-state index is 12.7. The molecule has 9 heteroatoms. The van der Waals surface area contributed by atoms with Crippen molar-refractivity contribution in [3.63, 3.8) is 0 Å². The second kappa shape index (κ2) is 12.3. The first-order valence-corrected chi connectivity index (χ1v) is 13.1. The van der Waals surface area contributed by atoms with Crippen LogP contribution >= 0.6 is 0 Å². The van der Waals surface area contributed by atoms with Crippen LogP contribution in [0.2, 0.25) is 0 Å². The molecule has 0 bridgehead atoms. The van der Waals surface area contributed by atoms with E-state index in [2.05, 4.69) is 26.1 Å². The Bertz CT molecular complexity index is 1400. The highest BCUT2D eigenvalue weighted by Crippen LogP contribution is 2.37. The third-order valence-electron chi connectivity index (χ3n) is 6.97. The van der Waals surface area contributed by atoms with Crippen LogP contribution in [0, 0.1) is 5.92 Å². The summed E-state index contributed by atoms with van der Waals surface area (Å²) in [6, 6.07) is 25.4. The van der Waals surface area contributed by atoms with E-state index in [1.807, 2.05) is 78.9 Å². The molecule has 1 aliphatic rings. The van der Waals surface area contributed by atoms with Crippen molar-refractivity contribution in [1.29, 1.82) is 0 Å². The number of carbonyl (C=O) groups excluding carboxylic acids is 2. The summed E-state index contributed by atoms with van der Waals surface area (Å²) in [6.07, 6.45) is 4.60. The monoisotopic (exact) mass is 525 g/mol. The lowest BCUT2D eigenvalue weighted by Crippen LogP contribution is -2.17. The number of hydrogen-bond donors (Lipinski definition) is 3. The van der Waals surface area contributed by atoms with Crippen LogP contribution < -0.4 is 16.0 Å². The molecule has 4 aromatic rings. The minimum atomic E-state index is -0.480. The number of methoxy groups -OCH3 is 1. The van der Waals surface area contributed by atoms with Crippen LogP contribution in [-0.2, 0) is 9.53 Å². The van der Waals surface area contributed by atoms with Gasteiger partial charge in [0, 0.05) is 29.2 Å². The average molecular weight is 526 g/mol. The smallest absolute Gasteiger partial charge is 0.320 e. The van der Waals surface area contributed by atoms with Crippen molar-refractivity contribution >= 4 is 40.6 Å². The summed E-state index contributed by atoms with van der Waals surface area (Å²) < 4.78 is 10.3. The second-order valence-electron chi connectivity index (χ2n) is 9.68. The van der Waals surface area contributed by atoms with Gasteiger partial charge in [0.2, 0.25) is 0 Å². The zero-order chi connectivity index (χ0) is 27.0. The number of carbonyl (C=O) groups is 2.